The molecule has 0 spiro atoms. The highest BCUT2D eigenvalue weighted by molar-refractivity contribution is 6.51. The van der Waals surface area contributed by atoms with E-state index in [1.165, 1.54) is 0 Å². The summed E-state index contributed by atoms with van der Waals surface area (Å²) in [7, 11) is 0. The minimum Gasteiger partial charge on any atom is -0.113 e. The molecule has 0 N–H and O–H groups in total. The van der Waals surface area contributed by atoms with Crippen molar-refractivity contribution in [1.82, 2.24) is 0 Å². The normalized spacial score (nSPS) is 49.2. The molecule has 2 aliphatic carbocycles. The smallest absolute Gasteiger partial charge is 0.0864 e. The van der Waals surface area contributed by atoms with Gasteiger partial charge < -0.3 is 0 Å². The highest BCUT2D eigenvalue weighted by Gasteiger charge is 2.67. The van der Waals surface area contributed by atoms with Crippen LogP contribution in [0.3, 0.4) is 0 Å². The van der Waals surface area contributed by atoms with Gasteiger partial charge in [0.2, 0.25) is 0 Å². The number of halogens is 4. The van der Waals surface area contributed by atoms with Gasteiger partial charge in [0.1, 0.15) is 0 Å². The van der Waals surface area contributed by atoms with Crippen molar-refractivity contribution in [2.75, 3.05) is 0 Å². The molecule has 3 unspecified atom stereocenters. The molecule has 2 bridgehead atoms. The van der Waals surface area contributed by atoms with Crippen molar-refractivity contribution in [3.63, 3.8) is 0 Å². The molecule has 1 fully saturated rings. The van der Waals surface area contributed by atoms with E-state index in [2.05, 4.69) is 13.8 Å². The summed E-state index contributed by atoms with van der Waals surface area (Å²) in [5.74, 6) is 0.688. The van der Waals surface area contributed by atoms with Crippen molar-refractivity contribution in [3.05, 3.63) is 10.1 Å². The van der Waals surface area contributed by atoms with Crippen molar-refractivity contribution in [3.8, 4) is 0 Å². The van der Waals surface area contributed by atoms with Gasteiger partial charge in [0, 0.05) is 0 Å². The number of hydrogen-bond acceptors (Lipinski definition) is 0. The second kappa shape index (κ2) is 3.70. The fourth-order valence-electron chi connectivity index (χ4n) is 3.34. The highest BCUT2D eigenvalue weighted by atomic mass is 35.5. The largest absolute Gasteiger partial charge is 0.113 e. The van der Waals surface area contributed by atoms with Crippen molar-refractivity contribution in [1.29, 1.82) is 0 Å². The Morgan fingerprint density at radius 3 is 1.60 bits per heavy atom. The Hall–Kier alpha value is 0.900. The zero-order chi connectivity index (χ0) is 11.4. The van der Waals surface area contributed by atoms with Crippen LogP contribution in [0.25, 0.3) is 0 Å². The molecular weight excluding hydrogens is 274 g/mol. The van der Waals surface area contributed by atoms with Crippen LogP contribution >= 0.6 is 46.4 Å². The molecule has 4 atom stereocenters. The number of fused-ring (bicyclic) bond motifs is 2. The van der Waals surface area contributed by atoms with Gasteiger partial charge in [-0.25, -0.2) is 0 Å². The van der Waals surface area contributed by atoms with Gasteiger partial charge in [-0.1, -0.05) is 49.9 Å². The van der Waals surface area contributed by atoms with E-state index in [0.29, 0.717) is 28.3 Å². The molecule has 0 aromatic carbocycles. The van der Waals surface area contributed by atoms with Crippen molar-refractivity contribution < 1.29 is 0 Å². The van der Waals surface area contributed by atoms with Gasteiger partial charge in [-0.2, -0.15) is 0 Å². The van der Waals surface area contributed by atoms with Gasteiger partial charge in [-0.05, 0) is 18.3 Å². The molecule has 86 valence electrons. The van der Waals surface area contributed by atoms with Crippen LogP contribution in [0.5, 0.6) is 0 Å². The predicted octanol–water partition coefficient (Wildman–Crippen LogP) is 5.10. The van der Waals surface area contributed by atoms with E-state index in [1.54, 1.807) is 0 Å². The second-order valence-corrected chi connectivity index (χ2v) is 6.66. The van der Waals surface area contributed by atoms with Gasteiger partial charge in [0.25, 0.3) is 0 Å². The summed E-state index contributed by atoms with van der Waals surface area (Å²) in [4.78, 5) is -1.01. The number of hydrogen-bond donors (Lipinski definition) is 0. The number of rotatable bonds is 2. The Kier molecular flexibility index (Phi) is 3.05. The second-order valence-electron chi connectivity index (χ2n) is 4.56. The lowest BCUT2D eigenvalue weighted by molar-refractivity contribution is 0.308. The average molecular weight is 288 g/mol. The van der Waals surface area contributed by atoms with Crippen LogP contribution in [0.4, 0.5) is 0 Å². The summed E-state index contributed by atoms with van der Waals surface area (Å²) in [6, 6.07) is 0. The Morgan fingerprint density at radius 2 is 1.33 bits per heavy atom. The monoisotopic (exact) mass is 286 g/mol. The zero-order valence-corrected chi connectivity index (χ0v) is 11.8. The third kappa shape index (κ3) is 1.35. The van der Waals surface area contributed by atoms with Crippen LogP contribution in [-0.4, -0.2) is 9.75 Å². The van der Waals surface area contributed by atoms with E-state index in [-0.39, 0.29) is 0 Å². The minimum atomic E-state index is -0.504. The van der Waals surface area contributed by atoms with E-state index in [4.69, 9.17) is 46.4 Å². The van der Waals surface area contributed by atoms with Gasteiger partial charge >= 0.3 is 0 Å². The first-order valence-corrected chi connectivity index (χ1v) is 6.87. The fraction of sp³-hybridized carbons (Fsp3) is 0.818. The molecule has 0 aromatic heterocycles. The van der Waals surface area contributed by atoms with Gasteiger partial charge in [0.05, 0.1) is 19.8 Å². The van der Waals surface area contributed by atoms with Crippen LogP contribution in [-0.2, 0) is 0 Å². The molecule has 2 aliphatic rings. The highest BCUT2D eigenvalue weighted by Crippen LogP contribution is 2.69. The topological polar surface area (TPSA) is 0 Å². The molecule has 0 radical (unpaired) electrons. The first kappa shape index (κ1) is 12.4. The molecule has 0 saturated heterocycles. The Morgan fingerprint density at radius 1 is 1.00 bits per heavy atom. The molecule has 15 heavy (non-hydrogen) atoms. The van der Waals surface area contributed by atoms with Crippen LogP contribution in [0.2, 0.25) is 0 Å². The van der Waals surface area contributed by atoms with Gasteiger partial charge in [0.15, 0.2) is 0 Å². The molecule has 0 nitrogen and oxygen atoms in total. The molecule has 0 heterocycles. The molecule has 4 heteroatoms. The zero-order valence-electron chi connectivity index (χ0n) is 8.79. The summed E-state index contributed by atoms with van der Waals surface area (Å²) in [5.41, 5.74) is 0. The predicted molar refractivity (Wildman–Crippen MR) is 68.1 cm³/mol. The summed E-state index contributed by atoms with van der Waals surface area (Å²) < 4.78 is 0. The fourth-order valence-corrected chi connectivity index (χ4v) is 5.48. The minimum absolute atomic E-state index is 0.344. The third-order valence-electron chi connectivity index (χ3n) is 3.98. The SMILES string of the molecule is CCC1C(CC)[C@@]2(Cl)CC1(Cl)C(Cl)=C2Cl. The summed E-state index contributed by atoms with van der Waals surface area (Å²) in [5, 5.41) is 1.16. The lowest BCUT2D eigenvalue weighted by atomic mass is 9.79. The molecule has 0 aliphatic heterocycles. The van der Waals surface area contributed by atoms with Crippen LogP contribution < -0.4 is 0 Å². The maximum Gasteiger partial charge on any atom is 0.0864 e. The molecule has 0 amide bonds. The lowest BCUT2D eigenvalue weighted by Gasteiger charge is -2.36. The third-order valence-corrected chi connectivity index (χ3v) is 6.53. The van der Waals surface area contributed by atoms with Crippen LogP contribution in [0.1, 0.15) is 33.1 Å². The average Bonchev–Trinajstić information content (AvgIpc) is 2.53. The van der Waals surface area contributed by atoms with Crippen molar-refractivity contribution >= 4 is 46.4 Å². The number of allylic oxidation sites excluding steroid dienone is 2. The van der Waals surface area contributed by atoms with E-state index in [1.807, 2.05) is 0 Å². The van der Waals surface area contributed by atoms with Crippen molar-refractivity contribution in [2.24, 2.45) is 11.8 Å². The van der Waals surface area contributed by atoms with Crippen LogP contribution in [0.15, 0.2) is 10.1 Å². The molecular formula is C11H14Cl4. The van der Waals surface area contributed by atoms with Gasteiger partial charge in [-0.3, -0.25) is 0 Å². The van der Waals surface area contributed by atoms with E-state index < -0.39 is 9.75 Å². The van der Waals surface area contributed by atoms with Gasteiger partial charge in [-0.15, -0.1) is 23.2 Å². The van der Waals surface area contributed by atoms with E-state index >= 15 is 0 Å². The maximum atomic E-state index is 6.61. The first-order chi connectivity index (χ1) is 6.91. The lowest BCUT2D eigenvalue weighted by Crippen LogP contribution is -2.35. The quantitative estimate of drug-likeness (QED) is 0.620. The Balaban J connectivity index is 2.52. The standard InChI is InChI=1S/C11H14Cl4/c1-3-6-7(4-2)11(15)5-10(6,14)8(12)9(11)13/h6-7H,3-5H2,1-2H3/t6?,7?,10-,11?/m0/s1. The number of alkyl halides is 2. The summed E-state index contributed by atoms with van der Waals surface area (Å²) in [6.07, 6.45) is 2.67. The summed E-state index contributed by atoms with van der Waals surface area (Å²) in [6.45, 7) is 4.27. The Bertz CT molecular complexity index is 295. The summed E-state index contributed by atoms with van der Waals surface area (Å²) >= 11 is 25.7. The maximum absolute atomic E-state index is 6.61. The Labute approximate surface area is 111 Å². The van der Waals surface area contributed by atoms with E-state index in [9.17, 15) is 0 Å². The van der Waals surface area contributed by atoms with Crippen LogP contribution in [0, 0.1) is 11.8 Å². The first-order valence-electron chi connectivity index (χ1n) is 5.35. The molecule has 1 saturated carbocycles. The van der Waals surface area contributed by atoms with Crippen molar-refractivity contribution in [2.45, 2.75) is 42.9 Å². The van der Waals surface area contributed by atoms with E-state index in [0.717, 1.165) is 12.8 Å². The molecule has 0 aromatic rings. The molecule has 2 rings (SSSR count).